The molecule has 0 atom stereocenters. The Balaban J connectivity index is 1.57. The maximum absolute atomic E-state index is 13.9. The molecule has 3 rings (SSSR count). The highest BCUT2D eigenvalue weighted by atomic mass is 35.5. The third-order valence-electron chi connectivity index (χ3n) is 4.98. The Bertz CT molecular complexity index is 872. The van der Waals surface area contributed by atoms with Gasteiger partial charge in [0.1, 0.15) is 5.82 Å². The van der Waals surface area contributed by atoms with Crippen LogP contribution in [0.5, 0.6) is 0 Å². The van der Waals surface area contributed by atoms with Crippen molar-refractivity contribution >= 4 is 40.9 Å². The quantitative estimate of drug-likeness (QED) is 0.564. The molecule has 0 radical (unpaired) electrons. The second-order valence-electron chi connectivity index (χ2n) is 7.17. The van der Waals surface area contributed by atoms with Crippen LogP contribution in [0.3, 0.4) is 0 Å². The summed E-state index contributed by atoms with van der Waals surface area (Å²) in [6.07, 6.45) is 6.13. The summed E-state index contributed by atoms with van der Waals surface area (Å²) < 4.78 is 13.9. The van der Waals surface area contributed by atoms with Crippen molar-refractivity contribution in [1.29, 1.82) is 0 Å². The number of halogens is 2. The van der Waals surface area contributed by atoms with Crippen molar-refractivity contribution in [2.45, 2.75) is 37.0 Å². The number of benzene rings is 2. The number of nitrogens with one attached hydrogen (secondary N) is 2. The van der Waals surface area contributed by atoms with Gasteiger partial charge < -0.3 is 10.6 Å². The van der Waals surface area contributed by atoms with Crippen LogP contribution in [0.25, 0.3) is 0 Å². The molecule has 154 valence electrons. The van der Waals surface area contributed by atoms with Gasteiger partial charge in [-0.15, -0.1) is 11.8 Å². The number of carbonyl (C=O) groups excluding carboxylic acids is 2. The summed E-state index contributed by atoms with van der Waals surface area (Å²) in [5.74, 6) is -0.255. The van der Waals surface area contributed by atoms with Crippen LogP contribution < -0.4 is 10.6 Å². The van der Waals surface area contributed by atoms with Crippen LogP contribution in [-0.4, -0.2) is 24.1 Å². The number of anilines is 1. The normalized spacial score (nSPS) is 14.4. The molecule has 1 aliphatic carbocycles. The van der Waals surface area contributed by atoms with Gasteiger partial charge in [-0.25, -0.2) is 4.39 Å². The third-order valence-corrected chi connectivity index (χ3v) is 6.29. The van der Waals surface area contributed by atoms with E-state index < -0.39 is 11.7 Å². The first-order chi connectivity index (χ1) is 14.0. The zero-order chi connectivity index (χ0) is 20.6. The molecule has 0 aliphatic heterocycles. The molecule has 0 spiro atoms. The molecule has 1 aliphatic rings. The molecular formula is C22H24ClFN2O2S. The monoisotopic (exact) mass is 434 g/mol. The van der Waals surface area contributed by atoms with Crippen molar-refractivity contribution in [3.05, 3.63) is 58.9 Å². The first-order valence-electron chi connectivity index (χ1n) is 9.78. The lowest BCUT2D eigenvalue weighted by Gasteiger charge is -2.21. The number of thioether (sulfide) groups is 1. The molecule has 0 unspecified atom stereocenters. The summed E-state index contributed by atoms with van der Waals surface area (Å²) in [4.78, 5) is 25.5. The van der Waals surface area contributed by atoms with Crippen LogP contribution in [0, 0.1) is 11.7 Å². The molecule has 2 amide bonds. The second kappa shape index (κ2) is 10.6. The smallest absolute Gasteiger partial charge is 0.256 e. The number of hydrogen-bond donors (Lipinski definition) is 2. The highest BCUT2D eigenvalue weighted by Crippen LogP contribution is 2.26. The van der Waals surface area contributed by atoms with Gasteiger partial charge in [-0.05, 0) is 49.1 Å². The number of rotatable bonds is 7. The first kappa shape index (κ1) is 21.7. The largest absolute Gasteiger partial charge is 0.355 e. The fourth-order valence-corrected chi connectivity index (χ4v) is 4.46. The van der Waals surface area contributed by atoms with Crippen LogP contribution in [0.2, 0.25) is 5.02 Å². The molecule has 1 fully saturated rings. The SMILES string of the molecule is O=C(CSc1ccccc1C(=O)Nc1cc(Cl)ccc1F)NCC1CCCCC1. The van der Waals surface area contributed by atoms with Gasteiger partial charge in [-0.2, -0.15) is 0 Å². The summed E-state index contributed by atoms with van der Waals surface area (Å²) in [5, 5.41) is 5.88. The van der Waals surface area contributed by atoms with Crippen molar-refractivity contribution in [1.82, 2.24) is 5.32 Å². The Morgan fingerprint density at radius 1 is 1.10 bits per heavy atom. The van der Waals surface area contributed by atoms with Crippen LogP contribution in [0.15, 0.2) is 47.4 Å². The van der Waals surface area contributed by atoms with Gasteiger partial charge in [-0.1, -0.05) is 43.0 Å². The van der Waals surface area contributed by atoms with E-state index in [9.17, 15) is 14.0 Å². The average molecular weight is 435 g/mol. The molecule has 0 saturated heterocycles. The maximum atomic E-state index is 13.9. The van der Waals surface area contributed by atoms with Gasteiger partial charge in [0.05, 0.1) is 17.0 Å². The maximum Gasteiger partial charge on any atom is 0.256 e. The first-order valence-corrected chi connectivity index (χ1v) is 11.1. The van der Waals surface area contributed by atoms with Gasteiger partial charge in [0.25, 0.3) is 5.91 Å². The molecule has 2 aromatic carbocycles. The lowest BCUT2D eigenvalue weighted by Crippen LogP contribution is -2.31. The van der Waals surface area contributed by atoms with Gasteiger partial charge in [-0.3, -0.25) is 9.59 Å². The Morgan fingerprint density at radius 3 is 2.66 bits per heavy atom. The van der Waals surface area contributed by atoms with E-state index in [1.165, 1.54) is 62.1 Å². The standard InChI is InChI=1S/C22H24ClFN2O2S/c23-16-10-11-18(24)19(12-16)26-22(28)17-8-4-5-9-20(17)29-14-21(27)25-13-15-6-2-1-3-7-15/h4-5,8-12,15H,1-3,6-7,13-14H2,(H,25,27)(H,26,28). The molecule has 0 bridgehead atoms. The van der Waals surface area contributed by atoms with Crippen LogP contribution >= 0.6 is 23.4 Å². The van der Waals surface area contributed by atoms with E-state index in [4.69, 9.17) is 11.6 Å². The summed E-state index contributed by atoms with van der Waals surface area (Å²) >= 11 is 7.18. The van der Waals surface area contributed by atoms with E-state index in [1.807, 2.05) is 0 Å². The van der Waals surface area contributed by atoms with E-state index in [-0.39, 0.29) is 17.3 Å². The average Bonchev–Trinajstić information content (AvgIpc) is 2.74. The summed E-state index contributed by atoms with van der Waals surface area (Å²) in [6.45, 7) is 0.718. The summed E-state index contributed by atoms with van der Waals surface area (Å²) in [5.41, 5.74) is 0.407. The third kappa shape index (κ3) is 6.47. The van der Waals surface area contributed by atoms with Crippen molar-refractivity contribution in [2.75, 3.05) is 17.6 Å². The molecule has 2 aromatic rings. The lowest BCUT2D eigenvalue weighted by atomic mass is 9.89. The minimum atomic E-state index is -0.560. The Morgan fingerprint density at radius 2 is 1.86 bits per heavy atom. The zero-order valence-electron chi connectivity index (χ0n) is 16.0. The number of hydrogen-bond acceptors (Lipinski definition) is 3. The summed E-state index contributed by atoms with van der Waals surface area (Å²) in [7, 11) is 0. The minimum absolute atomic E-state index is 0.0209. The fraction of sp³-hybridized carbons (Fsp3) is 0.364. The van der Waals surface area contributed by atoms with E-state index in [0.29, 0.717) is 21.4 Å². The zero-order valence-corrected chi connectivity index (χ0v) is 17.6. The minimum Gasteiger partial charge on any atom is -0.355 e. The number of carbonyl (C=O) groups is 2. The van der Waals surface area contributed by atoms with Gasteiger partial charge >= 0.3 is 0 Å². The van der Waals surface area contributed by atoms with Crippen molar-refractivity contribution < 1.29 is 14.0 Å². The van der Waals surface area contributed by atoms with Crippen LogP contribution in [0.4, 0.5) is 10.1 Å². The fourth-order valence-electron chi connectivity index (χ4n) is 3.41. The van der Waals surface area contributed by atoms with E-state index >= 15 is 0 Å². The van der Waals surface area contributed by atoms with Crippen molar-refractivity contribution in [3.8, 4) is 0 Å². The Hall–Kier alpha value is -2.05. The van der Waals surface area contributed by atoms with Crippen molar-refractivity contribution in [3.63, 3.8) is 0 Å². The van der Waals surface area contributed by atoms with Gasteiger partial charge in [0, 0.05) is 16.5 Å². The topological polar surface area (TPSA) is 58.2 Å². The molecular weight excluding hydrogens is 411 g/mol. The van der Waals surface area contributed by atoms with Crippen LogP contribution in [0.1, 0.15) is 42.5 Å². The predicted molar refractivity (Wildman–Crippen MR) is 116 cm³/mol. The van der Waals surface area contributed by atoms with Gasteiger partial charge in [0.2, 0.25) is 5.91 Å². The lowest BCUT2D eigenvalue weighted by molar-refractivity contribution is -0.118. The highest BCUT2D eigenvalue weighted by Gasteiger charge is 2.17. The van der Waals surface area contributed by atoms with E-state index in [2.05, 4.69) is 10.6 Å². The molecule has 2 N–H and O–H groups in total. The highest BCUT2D eigenvalue weighted by molar-refractivity contribution is 8.00. The molecule has 0 heterocycles. The van der Waals surface area contributed by atoms with Gasteiger partial charge in [0.15, 0.2) is 0 Å². The van der Waals surface area contributed by atoms with Crippen molar-refractivity contribution in [2.24, 2.45) is 5.92 Å². The Labute approximate surface area is 179 Å². The molecule has 0 aromatic heterocycles. The molecule has 29 heavy (non-hydrogen) atoms. The van der Waals surface area contributed by atoms with E-state index in [1.54, 1.807) is 24.3 Å². The van der Waals surface area contributed by atoms with E-state index in [0.717, 1.165) is 6.54 Å². The summed E-state index contributed by atoms with van der Waals surface area (Å²) in [6, 6.07) is 11.0. The Kier molecular flexibility index (Phi) is 7.95. The predicted octanol–water partition coefficient (Wildman–Crippen LogP) is 5.52. The number of amides is 2. The van der Waals surface area contributed by atoms with Crippen LogP contribution in [-0.2, 0) is 4.79 Å². The second-order valence-corrected chi connectivity index (χ2v) is 8.62. The molecule has 4 nitrogen and oxygen atoms in total. The molecule has 7 heteroatoms. The molecule has 1 saturated carbocycles.